The summed E-state index contributed by atoms with van der Waals surface area (Å²) in [5.41, 5.74) is 1.04. The van der Waals surface area contributed by atoms with E-state index in [1.807, 2.05) is 30.3 Å². The fourth-order valence-corrected chi connectivity index (χ4v) is 4.37. The Hall–Kier alpha value is -3.56. The molecule has 34 heavy (non-hydrogen) atoms. The van der Waals surface area contributed by atoms with Gasteiger partial charge in [0.2, 0.25) is 11.8 Å². The number of alkyl halides is 3. The quantitative estimate of drug-likeness (QED) is 0.550. The number of aromatic nitrogens is 3. The summed E-state index contributed by atoms with van der Waals surface area (Å²) < 4.78 is 51.5. The first kappa shape index (κ1) is 22.2. The molecule has 0 N–H and O–H groups in total. The van der Waals surface area contributed by atoms with Crippen LogP contribution in [0.2, 0.25) is 0 Å². The molecule has 7 nitrogen and oxygen atoms in total. The molecule has 1 amide bonds. The maximum Gasteiger partial charge on any atom is 0.417 e. The number of hydrogen-bond donors (Lipinski definition) is 0. The van der Waals surface area contributed by atoms with E-state index in [1.54, 1.807) is 9.58 Å². The molecular formula is C24H23F3N4O3. The van der Waals surface area contributed by atoms with Crippen molar-refractivity contribution in [2.75, 3.05) is 19.8 Å². The van der Waals surface area contributed by atoms with Gasteiger partial charge in [-0.1, -0.05) is 30.3 Å². The van der Waals surface area contributed by atoms with Crippen LogP contribution in [0.1, 0.15) is 35.3 Å². The minimum Gasteiger partial charge on any atom is -0.477 e. The number of halogens is 3. The molecule has 2 aromatic heterocycles. The zero-order chi connectivity index (χ0) is 23.7. The van der Waals surface area contributed by atoms with E-state index >= 15 is 0 Å². The van der Waals surface area contributed by atoms with Gasteiger partial charge in [0.05, 0.1) is 23.8 Å². The highest BCUT2D eigenvalue weighted by Crippen LogP contribution is 2.37. The number of rotatable bonds is 5. The number of amides is 1. The summed E-state index contributed by atoms with van der Waals surface area (Å²) >= 11 is 0. The lowest BCUT2D eigenvalue weighted by molar-refractivity contribution is -0.137. The Morgan fingerprint density at radius 3 is 2.68 bits per heavy atom. The lowest BCUT2D eigenvalue weighted by Gasteiger charge is -2.24. The molecule has 178 valence electrons. The minimum absolute atomic E-state index is 0.0862. The number of likely N-dealkylation sites (tertiary alicyclic amines) is 1. The Labute approximate surface area is 194 Å². The zero-order valence-corrected chi connectivity index (χ0v) is 18.3. The molecule has 2 aliphatic heterocycles. The molecule has 5 rings (SSSR count). The number of ether oxygens (including phenoxy) is 2. The van der Waals surface area contributed by atoms with Gasteiger partial charge in [-0.15, -0.1) is 0 Å². The standard InChI is InChI=1S/C24H23F3N4O3/c25-24(26,27)17-9-10-19(28-14-17)34-15-18-8-4-11-30(18)22(32)21-20(16-6-2-1-3-7-16)23-31(29-21)12-5-13-33-23/h1-3,6-7,9-10,14,18H,4-5,8,11-13,15H2/t18-/m0/s1. The van der Waals surface area contributed by atoms with E-state index in [9.17, 15) is 18.0 Å². The Kier molecular flexibility index (Phi) is 5.89. The van der Waals surface area contributed by atoms with Gasteiger partial charge in [0, 0.05) is 31.8 Å². The van der Waals surface area contributed by atoms with Crippen molar-refractivity contribution in [2.24, 2.45) is 0 Å². The van der Waals surface area contributed by atoms with Gasteiger partial charge in [0.25, 0.3) is 5.91 Å². The van der Waals surface area contributed by atoms with Crippen molar-refractivity contribution < 1.29 is 27.4 Å². The Bertz CT molecular complexity index is 1160. The number of fused-ring (bicyclic) bond motifs is 1. The van der Waals surface area contributed by atoms with E-state index in [-0.39, 0.29) is 24.4 Å². The van der Waals surface area contributed by atoms with Crippen molar-refractivity contribution in [3.05, 3.63) is 59.9 Å². The van der Waals surface area contributed by atoms with Gasteiger partial charge in [-0.2, -0.15) is 18.3 Å². The van der Waals surface area contributed by atoms with Crippen LogP contribution in [0.15, 0.2) is 48.7 Å². The summed E-state index contributed by atoms with van der Waals surface area (Å²) in [6.45, 7) is 1.92. The average molecular weight is 472 g/mol. The molecule has 0 unspecified atom stereocenters. The third kappa shape index (κ3) is 4.32. The van der Waals surface area contributed by atoms with Crippen LogP contribution in [0, 0.1) is 0 Å². The van der Waals surface area contributed by atoms with Crippen LogP contribution in [0.4, 0.5) is 13.2 Å². The average Bonchev–Trinajstić information content (AvgIpc) is 3.47. The Morgan fingerprint density at radius 2 is 1.94 bits per heavy atom. The molecule has 0 radical (unpaired) electrons. The van der Waals surface area contributed by atoms with Gasteiger partial charge in [0.1, 0.15) is 6.61 Å². The Morgan fingerprint density at radius 1 is 1.12 bits per heavy atom. The van der Waals surface area contributed by atoms with Gasteiger partial charge in [-0.05, 0) is 24.5 Å². The molecule has 0 saturated carbocycles. The van der Waals surface area contributed by atoms with Crippen LogP contribution in [0.25, 0.3) is 11.1 Å². The molecule has 0 bridgehead atoms. The summed E-state index contributed by atoms with van der Waals surface area (Å²) in [6.07, 6.45) is -1.38. The minimum atomic E-state index is -4.45. The highest BCUT2D eigenvalue weighted by Gasteiger charge is 2.36. The summed E-state index contributed by atoms with van der Waals surface area (Å²) in [5, 5.41) is 4.60. The van der Waals surface area contributed by atoms with Crippen LogP contribution in [0.3, 0.4) is 0 Å². The molecule has 0 aliphatic carbocycles. The molecule has 1 fully saturated rings. The van der Waals surface area contributed by atoms with Gasteiger partial charge >= 0.3 is 6.18 Å². The largest absolute Gasteiger partial charge is 0.477 e. The van der Waals surface area contributed by atoms with Crippen LogP contribution >= 0.6 is 0 Å². The van der Waals surface area contributed by atoms with E-state index in [1.165, 1.54) is 6.07 Å². The number of nitrogens with zero attached hydrogens (tertiary/aromatic N) is 4. The number of pyridine rings is 1. The van der Waals surface area contributed by atoms with Crippen molar-refractivity contribution >= 4 is 5.91 Å². The maximum atomic E-state index is 13.6. The molecule has 0 spiro atoms. The van der Waals surface area contributed by atoms with E-state index in [0.717, 1.165) is 37.1 Å². The summed E-state index contributed by atoms with van der Waals surface area (Å²) in [6, 6.07) is 11.5. The van der Waals surface area contributed by atoms with Crippen LogP contribution < -0.4 is 9.47 Å². The highest BCUT2D eigenvalue weighted by atomic mass is 19.4. The van der Waals surface area contributed by atoms with E-state index < -0.39 is 11.7 Å². The Balaban J connectivity index is 1.36. The van der Waals surface area contributed by atoms with E-state index in [0.29, 0.717) is 36.8 Å². The first-order chi connectivity index (χ1) is 16.4. The number of carbonyl (C=O) groups is 1. The maximum absolute atomic E-state index is 13.6. The molecule has 1 aromatic carbocycles. The number of aryl methyl sites for hydroxylation is 1. The third-order valence-corrected chi connectivity index (χ3v) is 6.05. The van der Waals surface area contributed by atoms with Crippen molar-refractivity contribution in [1.29, 1.82) is 0 Å². The first-order valence-electron chi connectivity index (χ1n) is 11.2. The first-order valence-corrected chi connectivity index (χ1v) is 11.2. The van der Waals surface area contributed by atoms with Gasteiger partial charge in [-0.25, -0.2) is 9.67 Å². The van der Waals surface area contributed by atoms with Crippen molar-refractivity contribution in [3.8, 4) is 22.9 Å². The summed E-state index contributed by atoms with van der Waals surface area (Å²) in [5.74, 6) is 0.473. The molecule has 4 heterocycles. The van der Waals surface area contributed by atoms with Gasteiger partial charge < -0.3 is 14.4 Å². The normalized spacial score (nSPS) is 17.9. The molecule has 3 aromatic rings. The number of benzene rings is 1. The van der Waals surface area contributed by atoms with Gasteiger partial charge in [0.15, 0.2) is 5.69 Å². The van der Waals surface area contributed by atoms with E-state index in [4.69, 9.17) is 9.47 Å². The topological polar surface area (TPSA) is 69.5 Å². The van der Waals surface area contributed by atoms with Crippen molar-refractivity contribution in [2.45, 2.75) is 38.0 Å². The van der Waals surface area contributed by atoms with Crippen LogP contribution in [-0.4, -0.2) is 51.4 Å². The lowest BCUT2D eigenvalue weighted by atomic mass is 10.0. The van der Waals surface area contributed by atoms with Crippen molar-refractivity contribution in [1.82, 2.24) is 19.7 Å². The fourth-order valence-electron chi connectivity index (χ4n) is 4.37. The molecule has 2 aliphatic rings. The fraction of sp³-hybridized carbons (Fsp3) is 0.375. The SMILES string of the molecule is O=C(c1nn2c(c1-c1ccccc1)OCCC2)N1CCC[C@H]1COc1ccc(C(F)(F)F)cn1. The highest BCUT2D eigenvalue weighted by molar-refractivity contribution is 6.00. The monoisotopic (exact) mass is 472 g/mol. The molecular weight excluding hydrogens is 449 g/mol. The zero-order valence-electron chi connectivity index (χ0n) is 18.3. The molecule has 1 saturated heterocycles. The molecule has 1 atom stereocenters. The van der Waals surface area contributed by atoms with E-state index in [2.05, 4.69) is 10.1 Å². The predicted molar refractivity (Wildman–Crippen MR) is 117 cm³/mol. The molecule has 10 heteroatoms. The second kappa shape index (κ2) is 9.00. The number of hydrogen-bond acceptors (Lipinski definition) is 5. The van der Waals surface area contributed by atoms with Gasteiger partial charge in [-0.3, -0.25) is 4.79 Å². The van der Waals surface area contributed by atoms with Crippen LogP contribution in [-0.2, 0) is 12.7 Å². The smallest absolute Gasteiger partial charge is 0.417 e. The van der Waals surface area contributed by atoms with Crippen LogP contribution in [0.5, 0.6) is 11.8 Å². The second-order valence-corrected chi connectivity index (χ2v) is 8.31. The third-order valence-electron chi connectivity index (χ3n) is 6.05. The second-order valence-electron chi connectivity index (χ2n) is 8.31. The summed E-state index contributed by atoms with van der Waals surface area (Å²) in [4.78, 5) is 19.1. The predicted octanol–water partition coefficient (Wildman–Crippen LogP) is 4.43. The summed E-state index contributed by atoms with van der Waals surface area (Å²) in [7, 11) is 0. The van der Waals surface area contributed by atoms with Crippen molar-refractivity contribution in [3.63, 3.8) is 0 Å². The number of carbonyl (C=O) groups excluding carboxylic acids is 1. The lowest BCUT2D eigenvalue weighted by Crippen LogP contribution is -2.39.